The number of ether oxygens (including phenoxy) is 1. The number of likely N-dealkylation sites (tertiary alicyclic amines) is 2. The van der Waals surface area contributed by atoms with Crippen molar-refractivity contribution in [2.24, 2.45) is 0 Å². The first-order valence-electron chi connectivity index (χ1n) is 13.5. The molecule has 12 heteroatoms. The molecule has 8 nitrogen and oxygen atoms in total. The highest BCUT2D eigenvalue weighted by Gasteiger charge is 2.39. The van der Waals surface area contributed by atoms with Crippen molar-refractivity contribution < 1.29 is 23.1 Å². The molecule has 214 valence electrons. The highest BCUT2D eigenvalue weighted by molar-refractivity contribution is 7.21. The zero-order valence-electron chi connectivity index (χ0n) is 22.6. The predicted octanol–water partition coefficient (Wildman–Crippen LogP) is 5.70. The summed E-state index contributed by atoms with van der Waals surface area (Å²) in [6.07, 6.45) is 3.59. The molecule has 0 bridgehead atoms. The van der Waals surface area contributed by atoms with Gasteiger partial charge in [-0.25, -0.2) is 13.5 Å². The number of carbonyl (C=O) groups excluding carboxylic acids is 2. The number of nitrogens with zero attached hydrogens (tertiary/aromatic N) is 5. The second-order valence-corrected chi connectivity index (χ2v) is 12.1. The van der Waals surface area contributed by atoms with Gasteiger partial charge in [-0.1, -0.05) is 22.9 Å². The van der Waals surface area contributed by atoms with Crippen molar-refractivity contribution in [3.63, 3.8) is 0 Å². The number of benzene rings is 2. The molecule has 0 spiro atoms. The third kappa shape index (κ3) is 5.40. The lowest BCUT2D eigenvalue weighted by Crippen LogP contribution is -2.47. The number of aryl methyl sites for hydroxylation is 2. The molecule has 0 saturated carbocycles. The normalized spacial score (nSPS) is 18.1. The zero-order valence-corrected chi connectivity index (χ0v) is 24.1. The first-order valence-corrected chi connectivity index (χ1v) is 14.7. The molecule has 2 aliphatic heterocycles. The molecular weight excluding hydrogens is 572 g/mol. The number of thiophene rings is 1. The van der Waals surface area contributed by atoms with Crippen molar-refractivity contribution in [2.75, 3.05) is 19.6 Å². The van der Waals surface area contributed by atoms with E-state index in [2.05, 4.69) is 22.4 Å². The monoisotopic (exact) mass is 599 g/mol. The molecule has 0 aliphatic carbocycles. The Morgan fingerprint density at radius 2 is 1.80 bits per heavy atom. The van der Waals surface area contributed by atoms with Crippen LogP contribution in [0.15, 0.2) is 36.5 Å². The third-order valence-electron chi connectivity index (χ3n) is 7.77. The van der Waals surface area contributed by atoms with Gasteiger partial charge in [0.15, 0.2) is 0 Å². The van der Waals surface area contributed by atoms with Crippen LogP contribution in [0.3, 0.4) is 0 Å². The van der Waals surface area contributed by atoms with Crippen molar-refractivity contribution in [1.82, 2.24) is 24.8 Å². The largest absolute Gasteiger partial charge is 0.487 e. The molecule has 1 atom stereocenters. The lowest BCUT2D eigenvalue weighted by Gasteiger charge is -2.36. The Bertz CT molecular complexity index is 1630. The maximum atomic E-state index is 13.4. The van der Waals surface area contributed by atoms with Crippen LogP contribution >= 0.6 is 22.9 Å². The Balaban J connectivity index is 1.06. The van der Waals surface area contributed by atoms with E-state index in [1.165, 1.54) is 16.0 Å². The topological polar surface area (TPSA) is 80.6 Å². The van der Waals surface area contributed by atoms with Crippen molar-refractivity contribution in [3.05, 3.63) is 74.9 Å². The summed E-state index contributed by atoms with van der Waals surface area (Å²) >= 11 is 8.12. The quantitative estimate of drug-likeness (QED) is 0.284. The minimum Gasteiger partial charge on any atom is -0.487 e. The Kier molecular flexibility index (Phi) is 7.41. The smallest absolute Gasteiger partial charge is 0.265 e. The highest BCUT2D eigenvalue weighted by atomic mass is 35.5. The molecule has 2 fully saturated rings. The summed E-state index contributed by atoms with van der Waals surface area (Å²) in [5.41, 5.74) is 2.64. The highest BCUT2D eigenvalue weighted by Crippen LogP contribution is 2.39. The van der Waals surface area contributed by atoms with Crippen molar-refractivity contribution >= 4 is 44.8 Å². The summed E-state index contributed by atoms with van der Waals surface area (Å²) in [7, 11) is 0. The number of hydrogen-bond acceptors (Lipinski definition) is 6. The van der Waals surface area contributed by atoms with Gasteiger partial charge in [-0.05, 0) is 50.3 Å². The Morgan fingerprint density at radius 1 is 1.07 bits per heavy atom. The fourth-order valence-corrected chi connectivity index (χ4v) is 7.56. The summed E-state index contributed by atoms with van der Waals surface area (Å²) in [5.74, 6) is -1.51. The van der Waals surface area contributed by atoms with Crippen LogP contribution in [-0.4, -0.2) is 62.3 Å². The van der Waals surface area contributed by atoms with Crippen molar-refractivity contribution in [2.45, 2.75) is 51.8 Å². The van der Waals surface area contributed by atoms with E-state index in [1.54, 1.807) is 6.20 Å². The van der Waals surface area contributed by atoms with E-state index in [4.69, 9.17) is 16.3 Å². The molecule has 2 saturated heterocycles. The SMILES string of the molecule is Cc1cc(C)c2c(Cl)c(C(=O)N3CCC(N4CCC(n5cc(COc6cc(F)cc(F)c6)nn5)C4=O)CC3)sc2c1. The molecule has 2 aromatic carbocycles. The van der Waals surface area contributed by atoms with E-state index < -0.39 is 17.7 Å². The predicted molar refractivity (Wildman–Crippen MR) is 151 cm³/mol. The number of halogens is 3. The van der Waals surface area contributed by atoms with Gasteiger partial charge < -0.3 is 14.5 Å². The van der Waals surface area contributed by atoms with E-state index in [0.717, 1.165) is 39.4 Å². The van der Waals surface area contributed by atoms with Gasteiger partial charge in [0.25, 0.3) is 5.91 Å². The molecule has 0 N–H and O–H groups in total. The summed E-state index contributed by atoms with van der Waals surface area (Å²) in [4.78, 5) is 31.0. The minimum absolute atomic E-state index is 0.0299. The van der Waals surface area contributed by atoms with E-state index >= 15 is 0 Å². The van der Waals surface area contributed by atoms with Gasteiger partial charge in [-0.2, -0.15) is 0 Å². The molecule has 6 rings (SSSR count). The molecule has 2 amide bonds. The number of amides is 2. The number of aromatic nitrogens is 3. The van der Waals surface area contributed by atoms with Crippen molar-refractivity contribution in [3.8, 4) is 5.75 Å². The second-order valence-electron chi connectivity index (χ2n) is 10.6. The zero-order chi connectivity index (χ0) is 28.8. The van der Waals surface area contributed by atoms with E-state index in [0.29, 0.717) is 54.5 Å². The molecule has 1 unspecified atom stereocenters. The van der Waals surface area contributed by atoms with E-state index in [1.807, 2.05) is 23.6 Å². The fourth-order valence-electron chi connectivity index (χ4n) is 5.82. The van der Waals surface area contributed by atoms with Crippen LogP contribution < -0.4 is 4.74 Å². The number of rotatable bonds is 6. The maximum absolute atomic E-state index is 13.4. The van der Waals surface area contributed by atoms with Gasteiger partial charge in [-0.3, -0.25) is 9.59 Å². The maximum Gasteiger partial charge on any atom is 0.265 e. The lowest BCUT2D eigenvalue weighted by atomic mass is 10.0. The first-order chi connectivity index (χ1) is 19.7. The lowest BCUT2D eigenvalue weighted by molar-refractivity contribution is -0.133. The third-order valence-corrected chi connectivity index (χ3v) is 9.39. The number of piperidine rings is 1. The first kappa shape index (κ1) is 27.6. The van der Waals surface area contributed by atoms with Gasteiger partial charge >= 0.3 is 0 Å². The van der Waals surface area contributed by atoms with Gasteiger partial charge in [-0.15, -0.1) is 16.4 Å². The van der Waals surface area contributed by atoms with Crippen LogP contribution in [0.25, 0.3) is 10.1 Å². The molecule has 2 aliphatic rings. The minimum atomic E-state index is -0.732. The molecule has 41 heavy (non-hydrogen) atoms. The van der Waals surface area contributed by atoms with Crippen LogP contribution in [0.4, 0.5) is 8.78 Å². The van der Waals surface area contributed by atoms with Gasteiger partial charge in [0.2, 0.25) is 5.91 Å². The fraction of sp³-hybridized carbons (Fsp3) is 0.379. The molecule has 4 heterocycles. The molecule has 0 radical (unpaired) electrons. The molecule has 4 aromatic rings. The van der Waals surface area contributed by atoms with E-state index in [-0.39, 0.29) is 30.2 Å². The number of fused-ring (bicyclic) bond motifs is 1. The molecular formula is C29H28ClF2N5O3S. The van der Waals surface area contributed by atoms with Gasteiger partial charge in [0.05, 0.1) is 11.2 Å². The number of hydrogen-bond donors (Lipinski definition) is 0. The summed E-state index contributed by atoms with van der Waals surface area (Å²) < 4.78 is 34.8. The van der Waals surface area contributed by atoms with Crippen LogP contribution in [0.1, 0.15) is 51.8 Å². The molecule has 2 aromatic heterocycles. The Labute approximate surface area is 244 Å². The van der Waals surface area contributed by atoms with Crippen LogP contribution in [0.5, 0.6) is 5.75 Å². The Hall–Kier alpha value is -3.57. The van der Waals surface area contributed by atoms with Crippen LogP contribution in [0.2, 0.25) is 5.02 Å². The van der Waals surface area contributed by atoms with Crippen LogP contribution in [0, 0.1) is 25.5 Å². The van der Waals surface area contributed by atoms with Gasteiger partial charge in [0.1, 0.15) is 40.6 Å². The van der Waals surface area contributed by atoms with Crippen molar-refractivity contribution in [1.29, 1.82) is 0 Å². The van der Waals surface area contributed by atoms with Crippen LogP contribution in [-0.2, 0) is 11.4 Å². The van der Waals surface area contributed by atoms with Gasteiger partial charge in [0, 0.05) is 54.0 Å². The average molecular weight is 600 g/mol. The average Bonchev–Trinajstić information content (AvgIpc) is 3.63. The summed E-state index contributed by atoms with van der Waals surface area (Å²) in [6.45, 7) is 5.70. The second kappa shape index (κ2) is 11.0. The summed E-state index contributed by atoms with van der Waals surface area (Å²) in [6, 6.07) is 6.64. The Morgan fingerprint density at radius 3 is 2.54 bits per heavy atom. The standard InChI is InChI=1S/C29H28ClF2N5O3S/c1-16-9-17(2)25-24(10-16)41-27(26(25)30)29(39)35-6-3-21(4-7-35)36-8-5-23(28(36)38)37-14-20(33-34-37)15-40-22-12-18(31)11-19(32)13-22/h9-14,21,23H,3-8,15H2,1-2H3. The number of carbonyl (C=O) groups is 2. The summed E-state index contributed by atoms with van der Waals surface area (Å²) in [5, 5.41) is 9.63. The van der Waals surface area contributed by atoms with E-state index in [9.17, 15) is 18.4 Å².